The second-order valence-electron chi connectivity index (χ2n) is 14.2. The fraction of sp³-hybridized carbons (Fsp3) is 0.727. The molecule has 1 fully saturated rings. The quantitative estimate of drug-likeness (QED) is 0.101. The minimum absolute atomic E-state index is 0.105. The number of Topliss-reactive ketones (excluding diaryl/α,β-unsaturated/α-hetero) is 1. The summed E-state index contributed by atoms with van der Waals surface area (Å²) in [5, 5.41) is 10.7. The molecule has 0 spiro atoms. The lowest BCUT2D eigenvalue weighted by Crippen LogP contribution is -2.61. The van der Waals surface area contributed by atoms with Gasteiger partial charge in [0.2, 0.25) is 17.6 Å². The maximum absolute atomic E-state index is 14.3. The highest BCUT2D eigenvalue weighted by Crippen LogP contribution is 2.33. The van der Waals surface area contributed by atoms with Crippen molar-refractivity contribution in [2.24, 2.45) is 17.3 Å². The van der Waals surface area contributed by atoms with Crippen LogP contribution in [0.1, 0.15) is 80.6 Å². The first-order valence-corrected chi connectivity index (χ1v) is 18.0. The highest BCUT2D eigenvalue weighted by molar-refractivity contribution is 7.87. The summed E-state index contributed by atoms with van der Waals surface area (Å²) < 4.78 is 27.9. The van der Waals surface area contributed by atoms with Gasteiger partial charge in [0, 0.05) is 33.7 Å². The number of rotatable bonds is 19. The van der Waals surface area contributed by atoms with Gasteiger partial charge in [-0.15, -0.1) is 6.58 Å². The fourth-order valence-corrected chi connectivity index (χ4v) is 6.10. The molecule has 0 aromatic heterocycles. The van der Waals surface area contributed by atoms with E-state index in [1.54, 1.807) is 27.7 Å². The lowest BCUT2D eigenvalue weighted by molar-refractivity contribution is -0.144. The predicted molar refractivity (Wildman–Crippen MR) is 187 cm³/mol. The predicted octanol–water partition coefficient (Wildman–Crippen LogP) is 1.85. The number of hydrogen-bond donors (Lipinski definition) is 5. The number of likely N-dealkylation sites (tertiary alicyclic amines) is 1. The zero-order chi connectivity index (χ0) is 37.0. The Kier molecular flexibility index (Phi) is 16.9. The molecule has 5 N–H and O–H groups in total. The van der Waals surface area contributed by atoms with E-state index < -0.39 is 69.3 Å². The Bertz CT molecular complexity index is 1280. The van der Waals surface area contributed by atoms with Crippen molar-refractivity contribution in [2.75, 3.05) is 33.7 Å². The maximum Gasteiger partial charge on any atom is 0.315 e. The van der Waals surface area contributed by atoms with Crippen LogP contribution < -0.4 is 26.0 Å². The summed E-state index contributed by atoms with van der Waals surface area (Å²) in [7, 11) is -1.02. The Morgan fingerprint density at radius 3 is 2.17 bits per heavy atom. The number of ketones is 1. The van der Waals surface area contributed by atoms with Crippen molar-refractivity contribution in [2.45, 2.75) is 105 Å². The van der Waals surface area contributed by atoms with Crippen molar-refractivity contribution in [3.05, 3.63) is 24.8 Å². The first-order valence-electron chi connectivity index (χ1n) is 16.6. The second-order valence-corrected chi connectivity index (χ2v) is 16.1. The topological polar surface area (TPSA) is 186 Å². The molecule has 14 nitrogen and oxygen atoms in total. The standard InChI is InChI=1S/C33H59N7O7S/c1-12-14-15-24(27(41)30(43)34-17-13-2)36-29(42)26-23(19-21(3)4)16-18-40(26)31(44)28(33(7,8)9)38-32(45)37-25(22(5)6)20-35-48(46,47)39(10)11/h13,21,23-26,28,35H,2,5,12,14-20H2,1,3-4,6-11H3,(H,34,43)(H,36,42)(H2,37,38,45)/t23-,24?,25-,26+,28-/m1/s1. The summed E-state index contributed by atoms with van der Waals surface area (Å²) in [6.45, 7) is 20.6. The third-order valence-corrected chi connectivity index (χ3v) is 9.69. The van der Waals surface area contributed by atoms with Crippen LogP contribution in [0.25, 0.3) is 0 Å². The number of nitrogens with one attached hydrogen (secondary N) is 5. The number of carbonyl (C=O) groups is 5. The average molecular weight is 698 g/mol. The number of amides is 5. The largest absolute Gasteiger partial charge is 0.346 e. The van der Waals surface area contributed by atoms with Crippen LogP contribution >= 0.6 is 0 Å². The molecule has 0 radical (unpaired) electrons. The SMILES string of the molecule is C=CCNC(=O)C(=O)C(CCCC)NC(=O)[C@@H]1[C@@H](CC(C)C)CCN1C(=O)[C@@H](NC(=O)N[C@H](CNS(=O)(=O)N(C)C)C(=C)C)C(C)(C)C. The van der Waals surface area contributed by atoms with Crippen molar-refractivity contribution in [1.29, 1.82) is 0 Å². The van der Waals surface area contributed by atoms with Gasteiger partial charge < -0.3 is 26.2 Å². The number of unbranched alkanes of at least 4 members (excludes halogenated alkanes) is 1. The fourth-order valence-electron chi connectivity index (χ4n) is 5.47. The molecule has 1 heterocycles. The van der Waals surface area contributed by atoms with Crippen LogP contribution in [0.3, 0.4) is 0 Å². The van der Waals surface area contributed by atoms with Crippen molar-refractivity contribution in [1.82, 2.24) is 35.2 Å². The number of nitrogens with zero attached hydrogens (tertiary/aromatic N) is 2. The molecule has 1 aliphatic rings. The van der Waals surface area contributed by atoms with Gasteiger partial charge in [-0.1, -0.05) is 72.6 Å². The van der Waals surface area contributed by atoms with Crippen LogP contribution in [0.2, 0.25) is 0 Å². The normalized spacial score (nSPS) is 18.5. The van der Waals surface area contributed by atoms with E-state index in [0.29, 0.717) is 24.8 Å². The number of carbonyl (C=O) groups excluding carboxylic acids is 5. The lowest BCUT2D eigenvalue weighted by atomic mass is 9.85. The minimum atomic E-state index is -3.77. The summed E-state index contributed by atoms with van der Waals surface area (Å²) >= 11 is 0. The van der Waals surface area contributed by atoms with Crippen LogP contribution in [-0.2, 0) is 29.4 Å². The minimum Gasteiger partial charge on any atom is -0.346 e. The third-order valence-electron chi connectivity index (χ3n) is 8.20. The second kappa shape index (κ2) is 19.0. The van der Waals surface area contributed by atoms with E-state index >= 15 is 0 Å². The van der Waals surface area contributed by atoms with E-state index in [2.05, 4.69) is 39.1 Å². The molecule has 274 valence electrons. The van der Waals surface area contributed by atoms with Gasteiger partial charge in [-0.25, -0.2) is 4.79 Å². The van der Waals surface area contributed by atoms with Crippen molar-refractivity contribution in [3.63, 3.8) is 0 Å². The molecule has 0 aliphatic carbocycles. The smallest absolute Gasteiger partial charge is 0.315 e. The Morgan fingerprint density at radius 1 is 1.04 bits per heavy atom. The highest BCUT2D eigenvalue weighted by Gasteiger charge is 2.47. The maximum atomic E-state index is 14.3. The van der Waals surface area contributed by atoms with Crippen molar-refractivity contribution in [3.8, 4) is 0 Å². The van der Waals surface area contributed by atoms with Crippen molar-refractivity contribution >= 4 is 39.7 Å². The van der Waals surface area contributed by atoms with Crippen LogP contribution in [0.15, 0.2) is 24.8 Å². The summed E-state index contributed by atoms with van der Waals surface area (Å²) in [6, 6.07) is -4.55. The molecular formula is C33H59N7O7S. The summed E-state index contributed by atoms with van der Waals surface area (Å²) in [5.74, 6) is -2.57. The lowest BCUT2D eigenvalue weighted by Gasteiger charge is -2.37. The monoisotopic (exact) mass is 697 g/mol. The first-order chi connectivity index (χ1) is 22.2. The molecule has 48 heavy (non-hydrogen) atoms. The van der Waals surface area contributed by atoms with Gasteiger partial charge in [-0.3, -0.25) is 19.2 Å². The Balaban J connectivity index is 3.34. The molecule has 1 rings (SSSR count). The molecule has 1 aliphatic heterocycles. The van der Waals surface area contributed by atoms with Gasteiger partial charge in [0.05, 0.1) is 12.1 Å². The summed E-state index contributed by atoms with van der Waals surface area (Å²) in [4.78, 5) is 68.7. The van der Waals surface area contributed by atoms with Crippen LogP contribution in [0.4, 0.5) is 4.79 Å². The van der Waals surface area contributed by atoms with Crippen LogP contribution in [0, 0.1) is 17.3 Å². The zero-order valence-electron chi connectivity index (χ0n) is 30.3. The molecule has 0 aromatic rings. The average Bonchev–Trinajstić information content (AvgIpc) is 3.40. The molecule has 15 heteroatoms. The van der Waals surface area contributed by atoms with Gasteiger partial charge in [0.15, 0.2) is 0 Å². The molecule has 0 bridgehead atoms. The third kappa shape index (κ3) is 13.0. The van der Waals surface area contributed by atoms with Gasteiger partial charge in [-0.05, 0) is 43.4 Å². The molecular weight excluding hydrogens is 638 g/mol. The molecule has 1 unspecified atom stereocenters. The van der Waals surface area contributed by atoms with Gasteiger partial charge in [0.1, 0.15) is 12.1 Å². The molecule has 5 atom stereocenters. The van der Waals surface area contributed by atoms with E-state index in [4.69, 9.17) is 0 Å². The Labute approximate surface area is 287 Å². The summed E-state index contributed by atoms with van der Waals surface area (Å²) in [6.07, 6.45) is 4.25. The van der Waals surface area contributed by atoms with Gasteiger partial charge in [0.25, 0.3) is 16.1 Å². The highest BCUT2D eigenvalue weighted by atomic mass is 32.2. The van der Waals surface area contributed by atoms with Crippen molar-refractivity contribution < 1.29 is 32.4 Å². The molecule has 0 saturated carbocycles. The van der Waals surface area contributed by atoms with E-state index in [9.17, 15) is 32.4 Å². The molecule has 0 aromatic carbocycles. The van der Waals surface area contributed by atoms with E-state index in [-0.39, 0.29) is 37.9 Å². The van der Waals surface area contributed by atoms with Crippen LogP contribution in [-0.4, -0.2) is 105 Å². The number of hydrogen-bond acceptors (Lipinski definition) is 7. The molecule has 5 amide bonds. The Hall–Kier alpha value is -3.30. The first kappa shape index (κ1) is 42.7. The van der Waals surface area contributed by atoms with Gasteiger partial charge in [-0.2, -0.15) is 17.4 Å². The Morgan fingerprint density at radius 2 is 1.67 bits per heavy atom. The van der Waals surface area contributed by atoms with Gasteiger partial charge >= 0.3 is 6.03 Å². The van der Waals surface area contributed by atoms with E-state index in [1.807, 2.05) is 20.8 Å². The van der Waals surface area contributed by atoms with E-state index in [0.717, 1.165) is 10.7 Å². The zero-order valence-corrected chi connectivity index (χ0v) is 31.1. The van der Waals surface area contributed by atoms with E-state index in [1.165, 1.54) is 25.1 Å². The van der Waals surface area contributed by atoms with Crippen LogP contribution in [0.5, 0.6) is 0 Å². The summed E-state index contributed by atoms with van der Waals surface area (Å²) in [5.41, 5.74) is -0.303. The molecule has 1 saturated heterocycles. The number of urea groups is 1.